The van der Waals surface area contributed by atoms with Gasteiger partial charge in [0.15, 0.2) is 17.3 Å². The average Bonchev–Trinajstić information content (AvgIpc) is 3.46. The first kappa shape index (κ1) is 26.2. The van der Waals surface area contributed by atoms with Crippen LogP contribution >= 0.6 is 11.6 Å². The molecule has 7 rings (SSSR count). The maximum atomic E-state index is 14.8. The third kappa shape index (κ3) is 3.48. The second kappa shape index (κ2) is 9.71. The summed E-state index contributed by atoms with van der Waals surface area (Å²) < 4.78 is 11.4. The lowest BCUT2D eigenvalue weighted by atomic mass is 9.64. The van der Waals surface area contributed by atoms with Crippen LogP contribution in [0.25, 0.3) is 6.08 Å². The fraction of sp³-hybridized carbons (Fsp3) is 0.171. The Labute approximate surface area is 248 Å². The Hall–Kier alpha value is -4.68. The number of Topliss-reactive ketones (excluding diaryl/α,β-unsaturated/α-hetero) is 3. The molecule has 4 aromatic rings. The normalized spacial score (nSPS) is 21.2. The first-order valence-electron chi connectivity index (χ1n) is 13.7. The maximum Gasteiger partial charge on any atom is 0.185 e. The third-order valence-electron chi connectivity index (χ3n) is 8.88. The van der Waals surface area contributed by atoms with E-state index in [-0.39, 0.29) is 17.3 Å². The molecule has 0 N–H and O–H groups in total. The number of carbonyl (C=O) groups excluding carboxylic acids is 3. The average molecular weight is 576 g/mol. The molecule has 0 amide bonds. The topological polar surface area (TPSA) is 72.9 Å². The van der Waals surface area contributed by atoms with Crippen molar-refractivity contribution < 1.29 is 23.9 Å². The predicted octanol–water partition coefficient (Wildman–Crippen LogP) is 6.67. The van der Waals surface area contributed by atoms with E-state index in [1.165, 1.54) is 0 Å². The van der Waals surface area contributed by atoms with Crippen molar-refractivity contribution in [3.63, 3.8) is 0 Å². The number of rotatable bonds is 5. The number of para-hydroxylation sites is 1. The molecular weight excluding hydrogens is 550 g/mol. The molecule has 7 heteroatoms. The minimum absolute atomic E-state index is 0.231. The SMILES string of the molecule is COc1ccc(OC)c([C@H]2[C@@H](C(=O)c3ccc(Cl)cc3)N3c4ccccc4C=C[C@@H]3C23C(=O)c2ccccc2C3=O)c1. The highest BCUT2D eigenvalue weighted by Crippen LogP contribution is 2.62. The number of benzene rings is 4. The number of carbonyl (C=O) groups is 3. The Balaban J connectivity index is 1.58. The van der Waals surface area contributed by atoms with Gasteiger partial charge in [0.1, 0.15) is 23.0 Å². The fourth-order valence-corrected chi connectivity index (χ4v) is 7.25. The summed E-state index contributed by atoms with van der Waals surface area (Å²) in [6.45, 7) is 0. The van der Waals surface area contributed by atoms with Crippen molar-refractivity contribution in [2.24, 2.45) is 5.41 Å². The van der Waals surface area contributed by atoms with Gasteiger partial charge in [-0.15, -0.1) is 0 Å². The molecule has 3 aliphatic rings. The van der Waals surface area contributed by atoms with Gasteiger partial charge in [-0.25, -0.2) is 0 Å². The number of methoxy groups -OCH3 is 2. The van der Waals surface area contributed by atoms with Crippen molar-refractivity contribution in [2.45, 2.75) is 18.0 Å². The molecule has 4 aromatic carbocycles. The number of halogens is 1. The van der Waals surface area contributed by atoms with Gasteiger partial charge in [-0.3, -0.25) is 14.4 Å². The molecule has 0 bridgehead atoms. The van der Waals surface area contributed by atoms with Crippen LogP contribution in [0.15, 0.2) is 97.1 Å². The number of nitrogens with zero attached hydrogens (tertiary/aromatic N) is 1. The molecule has 0 unspecified atom stereocenters. The van der Waals surface area contributed by atoms with Gasteiger partial charge in [0.2, 0.25) is 0 Å². The molecule has 1 saturated heterocycles. The molecule has 2 aliphatic heterocycles. The van der Waals surface area contributed by atoms with Crippen LogP contribution in [0.1, 0.15) is 48.1 Å². The quantitative estimate of drug-likeness (QED) is 0.195. The second-order valence-electron chi connectivity index (χ2n) is 10.7. The predicted molar refractivity (Wildman–Crippen MR) is 161 cm³/mol. The highest BCUT2D eigenvalue weighted by Gasteiger charge is 2.72. The Kier molecular flexibility index (Phi) is 6.06. The van der Waals surface area contributed by atoms with E-state index in [1.807, 2.05) is 41.3 Å². The van der Waals surface area contributed by atoms with Crippen LogP contribution in [0.5, 0.6) is 11.5 Å². The number of hydrogen-bond donors (Lipinski definition) is 0. The van der Waals surface area contributed by atoms with E-state index >= 15 is 0 Å². The van der Waals surface area contributed by atoms with E-state index in [0.717, 1.165) is 11.3 Å². The van der Waals surface area contributed by atoms with Crippen LogP contribution < -0.4 is 14.4 Å². The van der Waals surface area contributed by atoms with E-state index in [9.17, 15) is 14.4 Å². The van der Waals surface area contributed by atoms with Crippen LogP contribution in [0.2, 0.25) is 5.02 Å². The Morgan fingerprint density at radius 1 is 0.833 bits per heavy atom. The molecule has 0 aromatic heterocycles. The largest absolute Gasteiger partial charge is 0.497 e. The Bertz CT molecular complexity index is 1780. The van der Waals surface area contributed by atoms with Gasteiger partial charge < -0.3 is 14.4 Å². The molecule has 1 spiro atoms. The zero-order valence-electron chi connectivity index (χ0n) is 22.9. The Morgan fingerprint density at radius 3 is 2.17 bits per heavy atom. The monoisotopic (exact) mass is 575 g/mol. The van der Waals surface area contributed by atoms with Gasteiger partial charge in [-0.1, -0.05) is 66.2 Å². The van der Waals surface area contributed by atoms with Crippen molar-refractivity contribution in [3.05, 3.63) is 130 Å². The number of ketones is 3. The summed E-state index contributed by atoms with van der Waals surface area (Å²) in [5.41, 5.74) is 1.74. The van der Waals surface area contributed by atoms with Gasteiger partial charge in [-0.2, -0.15) is 0 Å². The molecule has 42 heavy (non-hydrogen) atoms. The van der Waals surface area contributed by atoms with Gasteiger partial charge in [-0.05, 0) is 54.1 Å². The summed E-state index contributed by atoms with van der Waals surface area (Å²) in [6, 6.07) is 25.0. The smallest absolute Gasteiger partial charge is 0.185 e. The third-order valence-corrected chi connectivity index (χ3v) is 9.13. The lowest BCUT2D eigenvalue weighted by molar-refractivity contribution is 0.0664. The summed E-state index contributed by atoms with van der Waals surface area (Å²) in [5, 5.41) is 0.501. The molecule has 1 aliphatic carbocycles. The highest BCUT2D eigenvalue weighted by atomic mass is 35.5. The molecular formula is C35H26ClNO5. The lowest BCUT2D eigenvalue weighted by Crippen LogP contribution is -2.48. The number of hydrogen-bond acceptors (Lipinski definition) is 6. The number of ether oxygens (including phenoxy) is 2. The minimum atomic E-state index is -1.64. The standard InChI is InChI=1S/C35H26ClNO5/c1-41-23-16-17-28(42-2)26(19-23)30-31(32(38)21-11-14-22(36)15-12-21)37-27-10-6-3-7-20(27)13-18-29(37)35(30)33(39)24-8-4-5-9-25(24)34(35)40/h3-19,29-31H,1-2H3/t29-,30+,31+/m1/s1. The van der Waals surface area contributed by atoms with Crippen LogP contribution in [0, 0.1) is 5.41 Å². The molecule has 3 atom stereocenters. The molecule has 0 saturated carbocycles. The van der Waals surface area contributed by atoms with Crippen molar-refractivity contribution in [3.8, 4) is 11.5 Å². The van der Waals surface area contributed by atoms with Crippen molar-refractivity contribution in [1.82, 2.24) is 0 Å². The van der Waals surface area contributed by atoms with Gasteiger partial charge in [0.05, 0.1) is 20.3 Å². The molecule has 1 fully saturated rings. The summed E-state index contributed by atoms with van der Waals surface area (Å²) >= 11 is 6.19. The van der Waals surface area contributed by atoms with Crippen molar-refractivity contribution >= 4 is 40.7 Å². The molecule has 6 nitrogen and oxygen atoms in total. The van der Waals surface area contributed by atoms with E-state index < -0.39 is 23.4 Å². The summed E-state index contributed by atoms with van der Waals surface area (Å²) in [7, 11) is 3.09. The van der Waals surface area contributed by atoms with E-state index in [0.29, 0.717) is 38.8 Å². The molecule has 0 radical (unpaired) electrons. The summed E-state index contributed by atoms with van der Waals surface area (Å²) in [5.74, 6) is -0.770. The van der Waals surface area contributed by atoms with Crippen LogP contribution in [-0.2, 0) is 0 Å². The van der Waals surface area contributed by atoms with Crippen LogP contribution in [0.3, 0.4) is 0 Å². The first-order chi connectivity index (χ1) is 20.4. The maximum absolute atomic E-state index is 14.8. The molecule has 208 valence electrons. The first-order valence-corrected chi connectivity index (χ1v) is 14.1. The van der Waals surface area contributed by atoms with E-state index in [1.54, 1.807) is 80.9 Å². The van der Waals surface area contributed by atoms with E-state index in [2.05, 4.69) is 0 Å². The number of anilines is 1. The Morgan fingerprint density at radius 2 is 1.50 bits per heavy atom. The fourth-order valence-electron chi connectivity index (χ4n) is 7.13. The van der Waals surface area contributed by atoms with Crippen LogP contribution in [-0.4, -0.2) is 43.7 Å². The van der Waals surface area contributed by atoms with Gasteiger partial charge >= 0.3 is 0 Å². The molecule has 2 heterocycles. The highest BCUT2D eigenvalue weighted by molar-refractivity contribution is 6.32. The van der Waals surface area contributed by atoms with Crippen molar-refractivity contribution in [1.29, 1.82) is 0 Å². The van der Waals surface area contributed by atoms with Gasteiger partial charge in [0, 0.05) is 38.9 Å². The van der Waals surface area contributed by atoms with Crippen LogP contribution in [0.4, 0.5) is 5.69 Å². The zero-order chi connectivity index (χ0) is 29.2. The number of fused-ring (bicyclic) bond motifs is 5. The summed E-state index contributed by atoms with van der Waals surface area (Å²) in [4.78, 5) is 46.4. The van der Waals surface area contributed by atoms with Crippen molar-refractivity contribution in [2.75, 3.05) is 19.1 Å². The zero-order valence-corrected chi connectivity index (χ0v) is 23.7. The van der Waals surface area contributed by atoms with Gasteiger partial charge in [0.25, 0.3) is 0 Å². The second-order valence-corrected chi connectivity index (χ2v) is 11.2. The lowest BCUT2D eigenvalue weighted by Gasteiger charge is -2.37. The summed E-state index contributed by atoms with van der Waals surface area (Å²) in [6.07, 6.45) is 3.84. The van der Waals surface area contributed by atoms with E-state index in [4.69, 9.17) is 21.1 Å². The minimum Gasteiger partial charge on any atom is -0.497 e.